The number of sulfonamides is 1. The minimum absolute atomic E-state index is 0.112. The van der Waals surface area contributed by atoms with E-state index in [1.165, 1.54) is 7.11 Å². The normalized spacial score (nSPS) is 11.1. The van der Waals surface area contributed by atoms with Crippen molar-refractivity contribution in [2.75, 3.05) is 18.0 Å². The molecule has 3 rings (SSSR count). The molecular weight excluding hydrogens is 452 g/mol. The van der Waals surface area contributed by atoms with E-state index < -0.39 is 15.9 Å². The molecule has 0 atom stereocenters. The number of hydrogen-bond donors (Lipinski definition) is 1. The molecule has 34 heavy (non-hydrogen) atoms. The van der Waals surface area contributed by atoms with Gasteiger partial charge in [0.1, 0.15) is 12.3 Å². The summed E-state index contributed by atoms with van der Waals surface area (Å²) in [7, 11) is -2.53. The highest BCUT2D eigenvalue weighted by atomic mass is 32.2. The van der Waals surface area contributed by atoms with Crippen molar-refractivity contribution in [3.05, 3.63) is 88.5 Å². The van der Waals surface area contributed by atoms with Crippen LogP contribution in [0, 0.1) is 20.8 Å². The van der Waals surface area contributed by atoms with E-state index in [1.54, 1.807) is 54.6 Å². The van der Waals surface area contributed by atoms with Crippen LogP contribution in [0.25, 0.3) is 0 Å². The summed E-state index contributed by atoms with van der Waals surface area (Å²) in [6.07, 6.45) is 0.694. The maximum absolute atomic E-state index is 13.6. The number of rotatable bonds is 9. The lowest BCUT2D eigenvalue weighted by atomic mass is 10.1. The lowest BCUT2D eigenvalue weighted by Gasteiger charge is -2.26. The zero-order valence-electron chi connectivity index (χ0n) is 19.7. The highest BCUT2D eigenvalue weighted by molar-refractivity contribution is 7.92. The van der Waals surface area contributed by atoms with Crippen molar-refractivity contribution >= 4 is 27.9 Å². The van der Waals surface area contributed by atoms with Crippen molar-refractivity contribution in [3.63, 3.8) is 0 Å². The predicted molar refractivity (Wildman–Crippen MR) is 132 cm³/mol. The van der Waals surface area contributed by atoms with E-state index in [1.807, 2.05) is 26.8 Å². The zero-order chi connectivity index (χ0) is 24.9. The van der Waals surface area contributed by atoms with E-state index in [9.17, 15) is 18.0 Å². The smallest absolute Gasteiger partial charge is 0.264 e. The van der Waals surface area contributed by atoms with E-state index in [0.29, 0.717) is 23.3 Å². The van der Waals surface area contributed by atoms with Crippen LogP contribution in [0.15, 0.2) is 65.6 Å². The van der Waals surface area contributed by atoms with E-state index in [2.05, 4.69) is 5.32 Å². The molecule has 3 aromatic rings. The molecule has 7 nitrogen and oxygen atoms in total. The second kappa shape index (κ2) is 10.5. The van der Waals surface area contributed by atoms with E-state index in [4.69, 9.17) is 4.74 Å². The van der Waals surface area contributed by atoms with Crippen molar-refractivity contribution < 1.29 is 22.7 Å². The summed E-state index contributed by atoms with van der Waals surface area (Å²) >= 11 is 0. The fourth-order valence-electron chi connectivity index (χ4n) is 3.49. The van der Waals surface area contributed by atoms with Crippen molar-refractivity contribution in [2.24, 2.45) is 0 Å². The van der Waals surface area contributed by atoms with Crippen LogP contribution >= 0.6 is 0 Å². The first-order valence-corrected chi connectivity index (χ1v) is 12.2. The number of carbonyl (C=O) groups is 2. The number of carbonyl (C=O) groups excluding carboxylic acids is 2. The highest BCUT2D eigenvalue weighted by Gasteiger charge is 2.28. The Kier molecular flexibility index (Phi) is 7.73. The third-order valence-electron chi connectivity index (χ3n) is 5.66. The lowest BCUT2D eigenvalue weighted by molar-refractivity contribution is -0.119. The first-order valence-electron chi connectivity index (χ1n) is 10.7. The second-order valence-electron chi connectivity index (χ2n) is 8.01. The van der Waals surface area contributed by atoms with Crippen molar-refractivity contribution in [3.8, 4) is 5.75 Å². The monoisotopic (exact) mass is 480 g/mol. The van der Waals surface area contributed by atoms with Gasteiger partial charge in [-0.3, -0.25) is 13.9 Å². The van der Waals surface area contributed by atoms with Crippen LogP contribution in [0.2, 0.25) is 0 Å². The van der Waals surface area contributed by atoms with Gasteiger partial charge in [0, 0.05) is 6.54 Å². The quantitative estimate of drug-likeness (QED) is 0.468. The number of anilines is 1. The Hall–Kier alpha value is -3.65. The van der Waals surface area contributed by atoms with Crippen LogP contribution in [0.4, 0.5) is 5.69 Å². The molecule has 0 saturated carbocycles. The Morgan fingerprint density at radius 2 is 1.74 bits per heavy atom. The summed E-state index contributed by atoms with van der Waals surface area (Å²) in [6.45, 7) is 5.37. The number of aryl methyl sites for hydroxylation is 2. The Balaban J connectivity index is 1.88. The van der Waals surface area contributed by atoms with Gasteiger partial charge >= 0.3 is 0 Å². The average Bonchev–Trinajstić information content (AvgIpc) is 2.83. The van der Waals surface area contributed by atoms with Gasteiger partial charge in [0.15, 0.2) is 6.29 Å². The van der Waals surface area contributed by atoms with E-state index in [-0.39, 0.29) is 18.0 Å². The van der Waals surface area contributed by atoms with Crippen molar-refractivity contribution in [1.29, 1.82) is 0 Å². The van der Waals surface area contributed by atoms with Gasteiger partial charge in [-0.15, -0.1) is 0 Å². The van der Waals surface area contributed by atoms with E-state index >= 15 is 0 Å². The summed E-state index contributed by atoms with van der Waals surface area (Å²) in [6, 6.07) is 16.9. The molecule has 0 fully saturated rings. The molecule has 0 saturated heterocycles. The van der Waals surface area contributed by atoms with Gasteiger partial charge in [-0.25, -0.2) is 8.42 Å². The Morgan fingerprint density at radius 3 is 2.38 bits per heavy atom. The van der Waals surface area contributed by atoms with Crippen LogP contribution in [-0.2, 0) is 21.4 Å². The summed E-state index contributed by atoms with van der Waals surface area (Å²) in [5.74, 6) is -0.0595. The topological polar surface area (TPSA) is 92.8 Å². The molecule has 0 aliphatic rings. The average molecular weight is 481 g/mol. The first-order chi connectivity index (χ1) is 16.2. The van der Waals surface area contributed by atoms with E-state index in [0.717, 1.165) is 26.6 Å². The number of ether oxygens (including phenoxy) is 1. The molecule has 0 bridgehead atoms. The third kappa shape index (κ3) is 5.46. The van der Waals surface area contributed by atoms with Gasteiger partial charge in [-0.1, -0.05) is 35.9 Å². The fourth-order valence-corrected chi connectivity index (χ4v) is 4.97. The predicted octanol–water partition coefficient (Wildman–Crippen LogP) is 3.94. The number of hydrogen-bond acceptors (Lipinski definition) is 5. The molecule has 1 N–H and O–H groups in total. The molecule has 0 radical (unpaired) electrons. The largest absolute Gasteiger partial charge is 0.496 e. The Morgan fingerprint density at radius 1 is 1.03 bits per heavy atom. The fraction of sp³-hybridized carbons (Fsp3) is 0.231. The third-order valence-corrected chi connectivity index (χ3v) is 7.43. The molecular formula is C26H28N2O5S. The van der Waals surface area contributed by atoms with Crippen LogP contribution in [0.1, 0.15) is 32.6 Å². The number of aldehydes is 1. The Labute approximate surface area is 200 Å². The van der Waals surface area contributed by atoms with Crippen LogP contribution in [0.3, 0.4) is 0 Å². The summed E-state index contributed by atoms with van der Waals surface area (Å²) in [5.41, 5.74) is 4.21. The molecule has 8 heteroatoms. The molecule has 0 aromatic heterocycles. The number of nitrogens with one attached hydrogen (secondary N) is 1. The van der Waals surface area contributed by atoms with Gasteiger partial charge in [0.2, 0.25) is 5.91 Å². The van der Waals surface area contributed by atoms with Gasteiger partial charge in [-0.05, 0) is 67.8 Å². The van der Waals surface area contributed by atoms with Crippen molar-refractivity contribution in [1.82, 2.24) is 5.32 Å². The van der Waals surface area contributed by atoms with Crippen LogP contribution in [-0.4, -0.2) is 34.3 Å². The standard InChI is InChI=1S/C26H28N2O5S/c1-18-8-12-23(13-9-18)34(31,32)28(24-7-5-6-19(2)20(24)3)16-26(30)27-15-21-10-11-22(17-29)25(14-21)33-4/h5-14,17H,15-16H2,1-4H3,(H,27,30). The molecule has 3 aromatic carbocycles. The van der Waals surface area contributed by atoms with Crippen molar-refractivity contribution in [2.45, 2.75) is 32.2 Å². The highest BCUT2D eigenvalue weighted by Crippen LogP contribution is 2.28. The molecule has 0 spiro atoms. The molecule has 0 heterocycles. The van der Waals surface area contributed by atoms with Crippen LogP contribution < -0.4 is 14.4 Å². The minimum Gasteiger partial charge on any atom is -0.496 e. The first kappa shape index (κ1) is 25.0. The lowest BCUT2D eigenvalue weighted by Crippen LogP contribution is -2.41. The van der Waals surface area contributed by atoms with Gasteiger partial charge in [-0.2, -0.15) is 0 Å². The maximum Gasteiger partial charge on any atom is 0.264 e. The van der Waals surface area contributed by atoms with Crippen LogP contribution in [0.5, 0.6) is 5.75 Å². The SMILES string of the molecule is COc1cc(CNC(=O)CN(c2cccc(C)c2C)S(=O)(=O)c2ccc(C)cc2)ccc1C=O. The number of amides is 1. The van der Waals surface area contributed by atoms with Gasteiger partial charge in [0.05, 0.1) is 23.3 Å². The number of methoxy groups -OCH3 is 1. The number of nitrogens with zero attached hydrogens (tertiary/aromatic N) is 1. The second-order valence-corrected chi connectivity index (χ2v) is 9.88. The molecule has 178 valence electrons. The molecule has 0 aliphatic heterocycles. The summed E-state index contributed by atoms with van der Waals surface area (Å²) in [4.78, 5) is 24.1. The molecule has 0 unspecified atom stereocenters. The summed E-state index contributed by atoms with van der Waals surface area (Å²) < 4.78 is 33.5. The molecule has 0 aliphatic carbocycles. The maximum atomic E-state index is 13.6. The van der Waals surface area contributed by atoms with Gasteiger partial charge in [0.25, 0.3) is 10.0 Å². The Bertz CT molecular complexity index is 1300. The minimum atomic E-state index is -3.99. The van der Waals surface area contributed by atoms with Gasteiger partial charge < -0.3 is 10.1 Å². The molecule has 1 amide bonds. The zero-order valence-corrected chi connectivity index (χ0v) is 20.5. The number of benzene rings is 3. The summed E-state index contributed by atoms with van der Waals surface area (Å²) in [5, 5.41) is 2.77.